The molecule has 3 rings (SSSR count). The largest absolute Gasteiger partial charge is 0.378 e. The lowest BCUT2D eigenvalue weighted by Gasteiger charge is -2.26. The summed E-state index contributed by atoms with van der Waals surface area (Å²) < 4.78 is 5.25. The number of benzene rings is 1. The number of halogens is 2. The second kappa shape index (κ2) is 6.60. The van der Waals surface area contributed by atoms with Gasteiger partial charge < -0.3 is 9.64 Å². The molecule has 1 aliphatic rings. The van der Waals surface area contributed by atoms with E-state index in [1.807, 2.05) is 12.1 Å². The van der Waals surface area contributed by atoms with Crippen LogP contribution < -0.4 is 0 Å². The van der Waals surface area contributed by atoms with E-state index in [1.54, 1.807) is 23.1 Å². The predicted molar refractivity (Wildman–Crippen MR) is 84.2 cm³/mol. The lowest BCUT2D eigenvalue weighted by Crippen LogP contribution is -2.40. The van der Waals surface area contributed by atoms with Gasteiger partial charge in [-0.2, -0.15) is 0 Å². The van der Waals surface area contributed by atoms with E-state index in [0.29, 0.717) is 37.6 Å². The molecule has 0 bridgehead atoms. The van der Waals surface area contributed by atoms with Crippen molar-refractivity contribution in [3.8, 4) is 11.3 Å². The van der Waals surface area contributed by atoms with Crippen molar-refractivity contribution in [2.75, 3.05) is 26.3 Å². The molecule has 1 fully saturated rings. The maximum atomic E-state index is 12.4. The van der Waals surface area contributed by atoms with Crippen LogP contribution in [0.5, 0.6) is 0 Å². The molecule has 0 spiro atoms. The summed E-state index contributed by atoms with van der Waals surface area (Å²) in [6, 6.07) is 8.83. The highest BCUT2D eigenvalue weighted by Gasteiger charge is 2.18. The topological polar surface area (TPSA) is 55.3 Å². The van der Waals surface area contributed by atoms with Gasteiger partial charge in [0.25, 0.3) is 5.91 Å². The fraction of sp³-hybridized carbons (Fsp3) is 0.267. The van der Waals surface area contributed by atoms with Gasteiger partial charge in [-0.05, 0) is 23.7 Å². The Morgan fingerprint density at radius 1 is 1.09 bits per heavy atom. The third kappa shape index (κ3) is 3.38. The highest BCUT2D eigenvalue weighted by molar-refractivity contribution is 6.32. The van der Waals surface area contributed by atoms with Crippen molar-refractivity contribution < 1.29 is 9.53 Å². The molecule has 0 saturated carbocycles. The Hall–Kier alpha value is -1.69. The molecule has 0 atom stereocenters. The first kappa shape index (κ1) is 15.2. The predicted octanol–water partition coefficient (Wildman–Crippen LogP) is 2.92. The van der Waals surface area contributed by atoms with E-state index in [4.69, 9.17) is 27.9 Å². The minimum Gasteiger partial charge on any atom is -0.378 e. The van der Waals surface area contributed by atoms with Gasteiger partial charge >= 0.3 is 0 Å². The molecule has 22 heavy (non-hydrogen) atoms. The van der Waals surface area contributed by atoms with Crippen LogP contribution in [0.2, 0.25) is 10.4 Å². The normalized spacial score (nSPS) is 14.9. The zero-order valence-corrected chi connectivity index (χ0v) is 13.1. The molecule has 2 aromatic rings. The van der Waals surface area contributed by atoms with Gasteiger partial charge in [0.05, 0.1) is 18.9 Å². The van der Waals surface area contributed by atoms with Gasteiger partial charge in [-0.3, -0.25) is 4.79 Å². The Balaban J connectivity index is 1.81. The molecule has 0 radical (unpaired) electrons. The summed E-state index contributed by atoms with van der Waals surface area (Å²) in [7, 11) is 0. The Morgan fingerprint density at radius 2 is 1.77 bits per heavy atom. The van der Waals surface area contributed by atoms with E-state index >= 15 is 0 Å². The fourth-order valence-corrected chi connectivity index (χ4v) is 2.68. The van der Waals surface area contributed by atoms with Gasteiger partial charge in [0.2, 0.25) is 5.28 Å². The highest BCUT2D eigenvalue weighted by atomic mass is 35.5. The first-order chi connectivity index (χ1) is 10.6. The molecule has 114 valence electrons. The molecule has 5 nitrogen and oxygen atoms in total. The van der Waals surface area contributed by atoms with Gasteiger partial charge in [-0.1, -0.05) is 23.7 Å². The number of rotatable bonds is 2. The maximum Gasteiger partial charge on any atom is 0.254 e. The standard InChI is InChI=1S/C15H13Cl2N3O2/c16-13-9-12(18-15(17)19-13)10-1-3-11(4-2-10)14(21)20-5-7-22-8-6-20/h1-4,9H,5-8H2. The van der Waals surface area contributed by atoms with Crippen LogP contribution in [0.4, 0.5) is 0 Å². The summed E-state index contributed by atoms with van der Waals surface area (Å²) >= 11 is 11.7. The van der Waals surface area contributed by atoms with Crippen molar-refractivity contribution in [3.05, 3.63) is 46.3 Å². The van der Waals surface area contributed by atoms with Crippen molar-refractivity contribution in [1.29, 1.82) is 0 Å². The van der Waals surface area contributed by atoms with Crippen LogP contribution >= 0.6 is 23.2 Å². The number of ether oxygens (including phenoxy) is 1. The van der Waals surface area contributed by atoms with Crippen LogP contribution in [0, 0.1) is 0 Å². The number of hydrogen-bond donors (Lipinski definition) is 0. The average Bonchev–Trinajstić information content (AvgIpc) is 2.54. The molecule has 1 amide bonds. The molecule has 1 aromatic heterocycles. The highest BCUT2D eigenvalue weighted by Crippen LogP contribution is 2.22. The van der Waals surface area contributed by atoms with Gasteiger partial charge in [-0.25, -0.2) is 9.97 Å². The van der Waals surface area contributed by atoms with Crippen LogP contribution in [0.25, 0.3) is 11.3 Å². The molecular weight excluding hydrogens is 325 g/mol. The number of carbonyl (C=O) groups is 1. The Kier molecular flexibility index (Phi) is 4.57. The van der Waals surface area contributed by atoms with Crippen molar-refractivity contribution >= 4 is 29.1 Å². The number of morpholine rings is 1. The number of nitrogens with zero attached hydrogens (tertiary/aromatic N) is 3. The smallest absolute Gasteiger partial charge is 0.254 e. The van der Waals surface area contributed by atoms with Crippen molar-refractivity contribution in [1.82, 2.24) is 14.9 Å². The summed E-state index contributed by atoms with van der Waals surface area (Å²) in [5.41, 5.74) is 2.08. The number of amides is 1. The lowest BCUT2D eigenvalue weighted by atomic mass is 10.1. The number of carbonyl (C=O) groups excluding carboxylic acids is 1. The first-order valence-electron chi connectivity index (χ1n) is 6.81. The quantitative estimate of drug-likeness (QED) is 0.624. The van der Waals surface area contributed by atoms with Crippen molar-refractivity contribution in [2.24, 2.45) is 0 Å². The van der Waals surface area contributed by atoms with Gasteiger partial charge in [-0.15, -0.1) is 0 Å². The van der Waals surface area contributed by atoms with Crippen molar-refractivity contribution in [2.45, 2.75) is 0 Å². The van der Waals surface area contributed by atoms with Crippen LogP contribution in [0.15, 0.2) is 30.3 Å². The summed E-state index contributed by atoms with van der Waals surface area (Å²) in [5.74, 6) is 0.00797. The summed E-state index contributed by atoms with van der Waals surface area (Å²) in [6.07, 6.45) is 0. The molecule has 0 unspecified atom stereocenters. The van der Waals surface area contributed by atoms with Gasteiger partial charge in [0.15, 0.2) is 0 Å². The third-order valence-corrected chi connectivity index (χ3v) is 3.76. The van der Waals surface area contributed by atoms with Crippen LogP contribution in [-0.4, -0.2) is 47.1 Å². The summed E-state index contributed by atoms with van der Waals surface area (Å²) in [6.45, 7) is 2.42. The fourth-order valence-electron chi connectivity index (χ4n) is 2.27. The second-order valence-corrected chi connectivity index (χ2v) is 5.55. The second-order valence-electron chi connectivity index (χ2n) is 4.83. The number of hydrogen-bond acceptors (Lipinski definition) is 4. The third-order valence-electron chi connectivity index (χ3n) is 3.39. The van der Waals surface area contributed by atoms with Gasteiger partial charge in [0, 0.05) is 30.3 Å². The molecule has 0 aliphatic carbocycles. The molecule has 1 saturated heterocycles. The SMILES string of the molecule is O=C(c1ccc(-c2cc(Cl)nc(Cl)n2)cc1)N1CCOCC1. The Morgan fingerprint density at radius 3 is 2.41 bits per heavy atom. The molecular formula is C15H13Cl2N3O2. The van der Waals surface area contributed by atoms with E-state index in [-0.39, 0.29) is 16.3 Å². The molecule has 0 N–H and O–H groups in total. The average molecular weight is 338 g/mol. The Bertz CT molecular complexity index is 665. The first-order valence-corrected chi connectivity index (χ1v) is 7.56. The minimum absolute atomic E-state index is 0.00797. The van der Waals surface area contributed by atoms with E-state index in [2.05, 4.69) is 9.97 Å². The molecule has 7 heteroatoms. The minimum atomic E-state index is 0.00797. The Labute approximate surface area is 137 Å². The lowest BCUT2D eigenvalue weighted by molar-refractivity contribution is 0.0303. The monoisotopic (exact) mass is 337 g/mol. The van der Waals surface area contributed by atoms with E-state index in [1.165, 1.54) is 0 Å². The maximum absolute atomic E-state index is 12.4. The summed E-state index contributed by atoms with van der Waals surface area (Å²) in [5, 5.41) is 0.374. The van der Waals surface area contributed by atoms with Crippen LogP contribution in [0.1, 0.15) is 10.4 Å². The zero-order valence-electron chi connectivity index (χ0n) is 11.6. The van der Waals surface area contributed by atoms with Crippen LogP contribution in [-0.2, 0) is 4.74 Å². The molecule has 1 aromatic carbocycles. The molecule has 1 aliphatic heterocycles. The van der Waals surface area contributed by atoms with E-state index < -0.39 is 0 Å². The molecule has 2 heterocycles. The van der Waals surface area contributed by atoms with E-state index in [9.17, 15) is 4.79 Å². The van der Waals surface area contributed by atoms with Crippen molar-refractivity contribution in [3.63, 3.8) is 0 Å². The van der Waals surface area contributed by atoms with Crippen LogP contribution in [0.3, 0.4) is 0 Å². The zero-order chi connectivity index (χ0) is 15.5. The van der Waals surface area contributed by atoms with Gasteiger partial charge in [0.1, 0.15) is 5.15 Å². The number of aromatic nitrogens is 2. The summed E-state index contributed by atoms with van der Waals surface area (Å²) in [4.78, 5) is 22.1. The van der Waals surface area contributed by atoms with E-state index in [0.717, 1.165) is 5.56 Å².